The monoisotopic (exact) mass is 414 g/mol. The molecule has 0 spiro atoms. The zero-order valence-corrected chi connectivity index (χ0v) is 17.4. The van der Waals surface area contributed by atoms with E-state index >= 15 is 0 Å². The number of amides is 1. The van der Waals surface area contributed by atoms with Crippen LogP contribution in [0.3, 0.4) is 0 Å². The molecule has 0 saturated heterocycles. The minimum atomic E-state index is -4.84. The molecule has 0 bridgehead atoms. The van der Waals surface area contributed by atoms with Crippen LogP contribution in [0.1, 0.15) is 59.8 Å². The molecule has 1 unspecified atom stereocenters. The number of unbranched alkanes of at least 4 members (excludes halogenated alkanes) is 3. The highest BCUT2D eigenvalue weighted by atomic mass is 31.2. The van der Waals surface area contributed by atoms with E-state index in [9.17, 15) is 22.9 Å². The zero-order chi connectivity index (χ0) is 21.1. The number of carbonyl (C=O) groups is 1. The third-order valence-electron chi connectivity index (χ3n) is 3.85. The van der Waals surface area contributed by atoms with Crippen molar-refractivity contribution in [2.45, 2.75) is 78.1 Å². The van der Waals surface area contributed by atoms with Crippen molar-refractivity contribution in [1.82, 2.24) is 9.99 Å². The SMILES string of the molecule is CC(C)N(C(C)C)[P+](O)(CCC#N)OCCCCCCNC(=O)C(F)(F)F. The van der Waals surface area contributed by atoms with Crippen LogP contribution in [-0.2, 0) is 9.32 Å². The van der Waals surface area contributed by atoms with Gasteiger partial charge in [-0.1, -0.05) is 12.8 Å². The van der Waals surface area contributed by atoms with Gasteiger partial charge >= 0.3 is 20.0 Å². The Morgan fingerprint density at radius 3 is 2.22 bits per heavy atom. The smallest absolute Gasteiger partial charge is 0.348 e. The van der Waals surface area contributed by atoms with Crippen molar-refractivity contribution in [3.8, 4) is 6.07 Å². The van der Waals surface area contributed by atoms with Gasteiger partial charge in [0.25, 0.3) is 0 Å². The Hall–Kier alpha value is -0.940. The average molecular weight is 414 g/mol. The van der Waals surface area contributed by atoms with Crippen LogP contribution in [0.15, 0.2) is 0 Å². The van der Waals surface area contributed by atoms with Gasteiger partial charge in [0.1, 0.15) is 6.16 Å². The molecule has 0 aliphatic carbocycles. The highest BCUT2D eigenvalue weighted by Crippen LogP contribution is 2.61. The van der Waals surface area contributed by atoms with Crippen LogP contribution in [0.2, 0.25) is 0 Å². The number of nitriles is 1. The second-order valence-electron chi connectivity index (χ2n) is 6.87. The molecular formula is C17H32F3N3O3P+. The first-order chi connectivity index (χ1) is 12.5. The van der Waals surface area contributed by atoms with E-state index in [0.29, 0.717) is 32.3 Å². The lowest BCUT2D eigenvalue weighted by Crippen LogP contribution is -2.38. The van der Waals surface area contributed by atoms with Crippen LogP contribution in [0, 0.1) is 11.3 Å². The van der Waals surface area contributed by atoms with Gasteiger partial charge in [0.05, 0.1) is 19.1 Å². The van der Waals surface area contributed by atoms with Gasteiger partial charge in [0, 0.05) is 18.6 Å². The second kappa shape index (κ2) is 12.5. The van der Waals surface area contributed by atoms with E-state index in [1.807, 2.05) is 43.8 Å². The largest absolute Gasteiger partial charge is 0.471 e. The van der Waals surface area contributed by atoms with Crippen molar-refractivity contribution in [2.24, 2.45) is 0 Å². The van der Waals surface area contributed by atoms with Gasteiger partial charge in [0.2, 0.25) is 0 Å². The van der Waals surface area contributed by atoms with Crippen molar-refractivity contribution in [3.63, 3.8) is 0 Å². The summed E-state index contributed by atoms with van der Waals surface area (Å²) in [6, 6.07) is 2.18. The molecule has 0 aromatic carbocycles. The standard InChI is InChI=1S/C17H31F3N3O3P/c1-14(2)23(15(3)4)27(25,13-9-10-21)26-12-8-6-5-7-11-22-16(24)17(18,19)20/h14-15,25H,5-9,11-13H2,1-4H3/p+1. The molecule has 0 heterocycles. The number of hydrogen-bond donors (Lipinski definition) is 2. The van der Waals surface area contributed by atoms with Crippen LogP contribution in [-0.4, -0.2) is 53.0 Å². The second-order valence-corrected chi connectivity index (χ2v) is 9.36. The van der Waals surface area contributed by atoms with Crippen molar-refractivity contribution >= 4 is 13.8 Å². The summed E-state index contributed by atoms with van der Waals surface area (Å²) in [6.45, 7) is 8.17. The van der Waals surface area contributed by atoms with Gasteiger partial charge in [-0.3, -0.25) is 4.79 Å². The molecule has 0 aliphatic rings. The molecule has 0 aliphatic heterocycles. The third kappa shape index (κ3) is 10.2. The fourth-order valence-electron chi connectivity index (χ4n) is 2.85. The molecular weight excluding hydrogens is 382 g/mol. The summed E-state index contributed by atoms with van der Waals surface area (Å²) in [5.74, 6) is -1.92. The van der Waals surface area contributed by atoms with Crippen molar-refractivity contribution in [3.05, 3.63) is 0 Å². The Morgan fingerprint density at radius 2 is 1.74 bits per heavy atom. The zero-order valence-electron chi connectivity index (χ0n) is 16.6. The molecule has 1 atom stereocenters. The predicted molar refractivity (Wildman–Crippen MR) is 99.8 cm³/mol. The number of rotatable bonds is 13. The lowest BCUT2D eigenvalue weighted by molar-refractivity contribution is -0.173. The van der Waals surface area contributed by atoms with Crippen LogP contribution in [0.4, 0.5) is 13.2 Å². The summed E-state index contributed by atoms with van der Waals surface area (Å²) >= 11 is 0. The van der Waals surface area contributed by atoms with E-state index in [2.05, 4.69) is 0 Å². The molecule has 0 aromatic heterocycles. The highest BCUT2D eigenvalue weighted by Gasteiger charge is 2.48. The highest BCUT2D eigenvalue weighted by molar-refractivity contribution is 7.63. The molecule has 2 N–H and O–H groups in total. The Kier molecular flexibility index (Phi) is 12.1. The molecule has 0 radical (unpaired) electrons. The maximum atomic E-state index is 12.0. The summed E-state index contributed by atoms with van der Waals surface area (Å²) in [5.41, 5.74) is 0. The molecule has 27 heavy (non-hydrogen) atoms. The van der Waals surface area contributed by atoms with Crippen LogP contribution < -0.4 is 5.32 Å². The molecule has 6 nitrogen and oxygen atoms in total. The Labute approximate surface area is 160 Å². The number of halogens is 3. The number of alkyl halides is 3. The molecule has 1 amide bonds. The van der Waals surface area contributed by atoms with Gasteiger partial charge in [-0.2, -0.15) is 23.0 Å². The first-order valence-electron chi connectivity index (χ1n) is 9.22. The van der Waals surface area contributed by atoms with E-state index < -0.39 is 20.0 Å². The summed E-state index contributed by atoms with van der Waals surface area (Å²) in [4.78, 5) is 21.7. The van der Waals surface area contributed by atoms with E-state index in [0.717, 1.165) is 0 Å². The number of carbonyl (C=O) groups excluding carboxylic acids is 1. The average Bonchev–Trinajstić information content (AvgIpc) is 2.53. The summed E-state index contributed by atoms with van der Waals surface area (Å²) in [5, 5.41) is 10.7. The van der Waals surface area contributed by atoms with Crippen LogP contribution in [0.5, 0.6) is 0 Å². The predicted octanol–water partition coefficient (Wildman–Crippen LogP) is 4.03. The molecule has 0 saturated carbocycles. The molecule has 158 valence electrons. The van der Waals surface area contributed by atoms with E-state index in [4.69, 9.17) is 9.79 Å². The Balaban J connectivity index is 4.28. The van der Waals surface area contributed by atoms with E-state index in [1.165, 1.54) is 0 Å². The van der Waals surface area contributed by atoms with E-state index in [1.54, 1.807) is 0 Å². The maximum Gasteiger partial charge on any atom is 0.471 e. The first kappa shape index (κ1) is 26.1. The maximum absolute atomic E-state index is 12.0. The van der Waals surface area contributed by atoms with Gasteiger partial charge < -0.3 is 5.32 Å². The lowest BCUT2D eigenvalue weighted by Gasteiger charge is -2.34. The van der Waals surface area contributed by atoms with Crippen LogP contribution in [0.25, 0.3) is 0 Å². The quantitative estimate of drug-likeness (QED) is 0.351. The Morgan fingerprint density at radius 1 is 1.19 bits per heavy atom. The number of nitrogens with zero attached hydrogens (tertiary/aromatic N) is 2. The van der Waals surface area contributed by atoms with E-state index in [-0.39, 0.29) is 31.2 Å². The third-order valence-corrected chi connectivity index (χ3v) is 6.89. The van der Waals surface area contributed by atoms with Crippen molar-refractivity contribution in [1.29, 1.82) is 5.26 Å². The number of hydrogen-bond acceptors (Lipinski definition) is 5. The Bertz CT molecular complexity index is 476. The topological polar surface area (TPSA) is 85.6 Å². The fourth-order valence-corrected chi connectivity index (χ4v) is 5.60. The minimum Gasteiger partial charge on any atom is -0.348 e. The first-order valence-corrected chi connectivity index (χ1v) is 11.0. The van der Waals surface area contributed by atoms with Gasteiger partial charge in [-0.15, -0.1) is 4.67 Å². The van der Waals surface area contributed by atoms with Gasteiger partial charge in [-0.05, 0) is 40.5 Å². The summed E-state index contributed by atoms with van der Waals surface area (Å²) < 4.78 is 43.8. The lowest BCUT2D eigenvalue weighted by atomic mass is 10.2. The minimum absolute atomic E-state index is 0.0210. The van der Waals surface area contributed by atoms with Crippen molar-refractivity contribution < 1.29 is 27.4 Å². The molecule has 10 heteroatoms. The summed E-state index contributed by atoms with van der Waals surface area (Å²) in [7, 11) is -2.87. The normalized spacial score (nSPS) is 14.4. The molecule has 0 rings (SSSR count). The van der Waals surface area contributed by atoms with Gasteiger partial charge in [-0.25, -0.2) is 4.89 Å². The fraction of sp³-hybridized carbons (Fsp3) is 0.882. The van der Waals surface area contributed by atoms with Crippen LogP contribution >= 0.6 is 7.87 Å². The van der Waals surface area contributed by atoms with Crippen molar-refractivity contribution in [2.75, 3.05) is 19.3 Å². The summed E-state index contributed by atoms with van der Waals surface area (Å²) in [6.07, 6.45) is -1.91. The molecule has 0 fully saturated rings. The molecule has 0 aromatic rings. The number of nitrogens with one attached hydrogen (secondary N) is 1. The van der Waals surface area contributed by atoms with Gasteiger partial charge in [0.15, 0.2) is 0 Å².